The predicted octanol–water partition coefficient (Wildman–Crippen LogP) is 5.66. The molecule has 1 atom stereocenters. The van der Waals surface area contributed by atoms with Crippen LogP contribution in [0.4, 0.5) is 4.39 Å². The van der Waals surface area contributed by atoms with Crippen molar-refractivity contribution in [2.45, 2.75) is 44.4 Å². The number of hydrogen-bond acceptors (Lipinski definition) is 9. The van der Waals surface area contributed by atoms with Crippen molar-refractivity contribution in [3.63, 3.8) is 0 Å². The number of aromatic nitrogens is 4. The van der Waals surface area contributed by atoms with Crippen molar-refractivity contribution in [1.29, 1.82) is 0 Å². The number of para-hydroxylation sites is 1. The van der Waals surface area contributed by atoms with E-state index < -0.39 is 17.6 Å². The Morgan fingerprint density at radius 3 is 2.75 bits per heavy atom. The molecule has 0 aliphatic carbocycles. The van der Waals surface area contributed by atoms with Crippen LogP contribution in [0.2, 0.25) is 5.02 Å². The number of rotatable bonds is 9. The minimum Gasteiger partial charge on any atom is -0.463 e. The van der Waals surface area contributed by atoms with E-state index in [1.807, 2.05) is 18.2 Å². The van der Waals surface area contributed by atoms with Gasteiger partial charge in [0, 0.05) is 42.9 Å². The van der Waals surface area contributed by atoms with E-state index in [1.54, 1.807) is 32.4 Å². The fraction of sp³-hybridized carbons (Fsp3) is 0.375. The molecule has 0 bridgehead atoms. The van der Waals surface area contributed by atoms with Gasteiger partial charge >= 0.3 is 5.97 Å². The van der Waals surface area contributed by atoms with Gasteiger partial charge in [-0.05, 0) is 74.2 Å². The molecule has 2 aromatic carbocycles. The zero-order chi connectivity index (χ0) is 30.8. The number of methoxy groups -OCH3 is 2. The summed E-state index contributed by atoms with van der Waals surface area (Å²) in [6, 6.07) is 12.4. The minimum absolute atomic E-state index is 0.0377. The number of hydrogen-bond donors (Lipinski definition) is 1. The second-order valence-electron chi connectivity index (χ2n) is 11.1. The number of pyridine rings is 1. The van der Waals surface area contributed by atoms with Crippen molar-refractivity contribution < 1.29 is 28.1 Å². The maximum Gasteiger partial charge on any atom is 0.375 e. The van der Waals surface area contributed by atoms with Crippen LogP contribution in [-0.2, 0) is 28.2 Å². The van der Waals surface area contributed by atoms with E-state index >= 15 is 0 Å². The van der Waals surface area contributed by atoms with E-state index in [-0.39, 0.29) is 11.7 Å². The third-order valence-electron chi connectivity index (χ3n) is 8.19. The SMILES string of the molecule is COCCc1cc(-c2n[nH]c(C(=O)OC)n2)cnc1CN1CCC(c2cccc3c2O[C@](C)(c2ccc(Cl)cc2F)O3)CC1. The molecule has 0 amide bonds. The second-order valence-corrected chi connectivity index (χ2v) is 11.5. The summed E-state index contributed by atoms with van der Waals surface area (Å²) in [6.07, 6.45) is 4.25. The van der Waals surface area contributed by atoms with Crippen LogP contribution in [-0.4, -0.2) is 65.0 Å². The van der Waals surface area contributed by atoms with Crippen LogP contribution < -0.4 is 9.47 Å². The van der Waals surface area contributed by atoms with Gasteiger partial charge in [0.2, 0.25) is 5.82 Å². The van der Waals surface area contributed by atoms with Crippen molar-refractivity contribution in [3.8, 4) is 22.9 Å². The molecule has 0 unspecified atom stereocenters. The van der Waals surface area contributed by atoms with E-state index in [2.05, 4.69) is 26.1 Å². The summed E-state index contributed by atoms with van der Waals surface area (Å²) in [5, 5.41) is 7.09. The first kappa shape index (κ1) is 30.0. The number of nitrogens with zero attached hydrogens (tertiary/aromatic N) is 4. The Hall–Kier alpha value is -4.06. The summed E-state index contributed by atoms with van der Waals surface area (Å²) in [7, 11) is 2.96. The molecule has 6 rings (SSSR count). The van der Waals surface area contributed by atoms with E-state index in [9.17, 15) is 9.18 Å². The first-order valence-corrected chi connectivity index (χ1v) is 14.8. The molecule has 0 radical (unpaired) electrons. The molecule has 1 fully saturated rings. The van der Waals surface area contributed by atoms with Crippen molar-refractivity contribution >= 4 is 17.6 Å². The maximum absolute atomic E-state index is 14.8. The normalized spacial score (nSPS) is 18.5. The number of H-pyrrole nitrogens is 1. The van der Waals surface area contributed by atoms with Crippen molar-refractivity contribution in [2.24, 2.45) is 0 Å². The molecule has 2 aliphatic heterocycles. The maximum atomic E-state index is 14.8. The van der Waals surface area contributed by atoms with Crippen LogP contribution in [0.15, 0.2) is 48.7 Å². The highest BCUT2D eigenvalue weighted by atomic mass is 35.5. The Morgan fingerprint density at radius 2 is 2.00 bits per heavy atom. The lowest BCUT2D eigenvalue weighted by molar-refractivity contribution is -0.0712. The molecule has 0 saturated carbocycles. The summed E-state index contributed by atoms with van der Waals surface area (Å²) in [5.41, 5.74) is 4.08. The van der Waals surface area contributed by atoms with Gasteiger partial charge in [0.1, 0.15) is 5.82 Å². The summed E-state index contributed by atoms with van der Waals surface area (Å²) < 4.78 is 37.4. The number of carbonyl (C=O) groups is 1. The molecule has 4 aromatic rings. The average Bonchev–Trinajstić information content (AvgIpc) is 3.65. The lowest BCUT2D eigenvalue weighted by Gasteiger charge is -2.33. The Labute approximate surface area is 259 Å². The van der Waals surface area contributed by atoms with Gasteiger partial charge in [-0.3, -0.25) is 15.0 Å². The van der Waals surface area contributed by atoms with E-state index in [4.69, 9.17) is 35.5 Å². The van der Waals surface area contributed by atoms with Crippen LogP contribution in [0.5, 0.6) is 11.5 Å². The van der Waals surface area contributed by atoms with Crippen molar-refractivity contribution in [3.05, 3.63) is 87.7 Å². The molecule has 1 N–H and O–H groups in total. The molecule has 44 heavy (non-hydrogen) atoms. The first-order chi connectivity index (χ1) is 21.3. The van der Waals surface area contributed by atoms with Gasteiger partial charge in [-0.25, -0.2) is 14.2 Å². The van der Waals surface area contributed by atoms with Gasteiger partial charge in [0.25, 0.3) is 5.79 Å². The topological polar surface area (TPSA) is 112 Å². The molecule has 0 spiro atoms. The number of esters is 1. The number of benzene rings is 2. The van der Waals surface area contributed by atoms with E-state index in [0.717, 1.165) is 42.8 Å². The first-order valence-electron chi connectivity index (χ1n) is 14.4. The number of carbonyl (C=O) groups excluding carboxylic acids is 1. The van der Waals surface area contributed by atoms with Gasteiger partial charge in [0.15, 0.2) is 17.3 Å². The Bertz CT molecular complexity index is 1670. The molecule has 1 saturated heterocycles. The number of aromatic amines is 1. The highest BCUT2D eigenvalue weighted by molar-refractivity contribution is 6.30. The average molecular weight is 622 g/mol. The number of ether oxygens (including phenoxy) is 4. The number of piperidine rings is 1. The van der Waals surface area contributed by atoms with Crippen LogP contribution in [0.1, 0.15) is 58.7 Å². The predicted molar refractivity (Wildman–Crippen MR) is 160 cm³/mol. The molecule has 230 valence electrons. The van der Waals surface area contributed by atoms with Crippen LogP contribution >= 0.6 is 11.6 Å². The number of halogens is 2. The highest BCUT2D eigenvalue weighted by Crippen LogP contribution is 2.49. The summed E-state index contributed by atoms with van der Waals surface area (Å²) >= 11 is 5.97. The Morgan fingerprint density at radius 1 is 1.18 bits per heavy atom. The monoisotopic (exact) mass is 621 g/mol. The summed E-state index contributed by atoms with van der Waals surface area (Å²) in [4.78, 5) is 23.2. The number of nitrogens with one attached hydrogen (secondary N) is 1. The van der Waals surface area contributed by atoms with Crippen molar-refractivity contribution in [2.75, 3.05) is 33.9 Å². The zero-order valence-electron chi connectivity index (χ0n) is 24.7. The van der Waals surface area contributed by atoms with Gasteiger partial charge in [-0.15, -0.1) is 0 Å². The Balaban J connectivity index is 1.14. The lowest BCUT2D eigenvalue weighted by Crippen LogP contribution is -2.34. The fourth-order valence-electron chi connectivity index (χ4n) is 5.86. The molecular weight excluding hydrogens is 589 g/mol. The molecular formula is C32H33ClFN5O5. The van der Waals surface area contributed by atoms with E-state index in [1.165, 1.54) is 13.2 Å². The molecule has 12 heteroatoms. The van der Waals surface area contributed by atoms with Gasteiger partial charge < -0.3 is 18.9 Å². The third-order valence-corrected chi connectivity index (χ3v) is 8.42. The molecule has 10 nitrogen and oxygen atoms in total. The second kappa shape index (κ2) is 12.5. The van der Waals surface area contributed by atoms with Crippen LogP contribution in [0.25, 0.3) is 11.4 Å². The quantitative estimate of drug-likeness (QED) is 0.237. The fourth-order valence-corrected chi connectivity index (χ4v) is 6.02. The highest BCUT2D eigenvalue weighted by Gasteiger charge is 2.43. The summed E-state index contributed by atoms with van der Waals surface area (Å²) in [5.74, 6) is -0.378. The largest absolute Gasteiger partial charge is 0.463 e. The van der Waals surface area contributed by atoms with Gasteiger partial charge in [-0.2, -0.15) is 5.10 Å². The van der Waals surface area contributed by atoms with E-state index in [0.29, 0.717) is 53.0 Å². The molecule has 2 aromatic heterocycles. The van der Waals surface area contributed by atoms with Gasteiger partial charge in [0.05, 0.1) is 25.0 Å². The van der Waals surface area contributed by atoms with Crippen LogP contribution in [0, 0.1) is 5.82 Å². The van der Waals surface area contributed by atoms with Crippen LogP contribution in [0.3, 0.4) is 0 Å². The van der Waals surface area contributed by atoms with Crippen molar-refractivity contribution in [1.82, 2.24) is 25.1 Å². The third kappa shape index (κ3) is 5.99. The Kier molecular flexibility index (Phi) is 8.53. The number of likely N-dealkylation sites (tertiary alicyclic amines) is 1. The zero-order valence-corrected chi connectivity index (χ0v) is 25.5. The smallest absolute Gasteiger partial charge is 0.375 e. The summed E-state index contributed by atoms with van der Waals surface area (Å²) in [6.45, 7) is 4.70. The standard InChI is InChI=1S/C32H33ClFN5O5/c1-32(24-8-7-22(33)16-25(24)34)43-27-6-4-5-23(28(27)44-32)19-9-12-39(13-10-19)18-26-20(11-14-41-2)15-21(17-35-26)29-36-30(38-37-29)31(40)42-3/h4-8,15-17,19H,9-14,18H2,1-3H3,(H,36,37,38)/t32-/m1/s1. The molecule has 2 aliphatic rings. The van der Waals surface area contributed by atoms with Gasteiger partial charge in [-0.1, -0.05) is 23.7 Å². The molecule has 4 heterocycles. The minimum atomic E-state index is -1.28. The number of fused-ring (bicyclic) bond motifs is 1. The lowest BCUT2D eigenvalue weighted by atomic mass is 9.88.